The van der Waals surface area contributed by atoms with Gasteiger partial charge in [-0.05, 0) is 81.7 Å². The number of sulfonamides is 1. The van der Waals surface area contributed by atoms with Gasteiger partial charge in [-0.3, -0.25) is 14.4 Å². The molecule has 0 radical (unpaired) electrons. The Kier molecular flexibility index (Phi) is 6.93. The van der Waals surface area contributed by atoms with E-state index in [0.717, 1.165) is 19.5 Å². The van der Waals surface area contributed by atoms with Gasteiger partial charge in [0.1, 0.15) is 10.6 Å². The SMILES string of the molecule is CCOc1ccc(NS(=O)(=O)c2cc(C(=O)N3CCC(N4CCCC4)C3)ccc2Cl)cc1. The molecule has 4 rings (SSSR count). The average molecular weight is 478 g/mol. The fourth-order valence-corrected chi connectivity index (χ4v) is 5.94. The molecular formula is C23H28ClN3O4S. The number of nitrogens with zero attached hydrogens (tertiary/aromatic N) is 2. The molecule has 2 saturated heterocycles. The van der Waals surface area contributed by atoms with E-state index in [1.165, 1.54) is 25.0 Å². The van der Waals surface area contributed by atoms with Crippen LogP contribution in [0.5, 0.6) is 5.75 Å². The van der Waals surface area contributed by atoms with Gasteiger partial charge in [-0.1, -0.05) is 11.6 Å². The predicted molar refractivity (Wildman–Crippen MR) is 125 cm³/mol. The number of amides is 1. The van der Waals surface area contributed by atoms with Crippen molar-refractivity contribution in [2.24, 2.45) is 0 Å². The van der Waals surface area contributed by atoms with E-state index in [1.807, 2.05) is 11.8 Å². The van der Waals surface area contributed by atoms with E-state index in [9.17, 15) is 13.2 Å². The van der Waals surface area contributed by atoms with Gasteiger partial charge in [0.05, 0.1) is 11.6 Å². The van der Waals surface area contributed by atoms with E-state index >= 15 is 0 Å². The molecule has 172 valence electrons. The first-order chi connectivity index (χ1) is 15.4. The Hall–Kier alpha value is -2.29. The minimum Gasteiger partial charge on any atom is -0.494 e. The van der Waals surface area contributed by atoms with Gasteiger partial charge in [0.15, 0.2) is 0 Å². The van der Waals surface area contributed by atoms with Gasteiger partial charge < -0.3 is 9.64 Å². The maximum atomic E-state index is 13.1. The number of carbonyl (C=O) groups excluding carboxylic acids is 1. The lowest BCUT2D eigenvalue weighted by Gasteiger charge is -2.23. The number of anilines is 1. The van der Waals surface area contributed by atoms with Crippen LogP contribution in [0.2, 0.25) is 5.02 Å². The summed E-state index contributed by atoms with van der Waals surface area (Å²) in [6.45, 7) is 5.93. The van der Waals surface area contributed by atoms with Crippen LogP contribution in [0.4, 0.5) is 5.69 Å². The molecule has 1 unspecified atom stereocenters. The van der Waals surface area contributed by atoms with Crippen LogP contribution >= 0.6 is 11.6 Å². The highest BCUT2D eigenvalue weighted by Crippen LogP contribution is 2.28. The molecule has 0 aromatic heterocycles. The molecule has 2 fully saturated rings. The highest BCUT2D eigenvalue weighted by molar-refractivity contribution is 7.92. The number of carbonyl (C=O) groups is 1. The molecule has 2 aliphatic heterocycles. The number of ether oxygens (including phenoxy) is 1. The quantitative estimate of drug-likeness (QED) is 0.655. The highest BCUT2D eigenvalue weighted by Gasteiger charge is 2.32. The first-order valence-electron chi connectivity index (χ1n) is 11.0. The van der Waals surface area contributed by atoms with Crippen LogP contribution in [0.1, 0.15) is 36.5 Å². The van der Waals surface area contributed by atoms with Crippen LogP contribution in [0.15, 0.2) is 47.4 Å². The Labute approximate surface area is 194 Å². The zero-order chi connectivity index (χ0) is 22.7. The average Bonchev–Trinajstić information content (AvgIpc) is 3.47. The molecule has 0 bridgehead atoms. The Balaban J connectivity index is 1.49. The van der Waals surface area contributed by atoms with Crippen LogP contribution in [0, 0.1) is 0 Å². The second kappa shape index (κ2) is 9.68. The van der Waals surface area contributed by atoms with E-state index < -0.39 is 10.0 Å². The summed E-state index contributed by atoms with van der Waals surface area (Å²) in [4.78, 5) is 17.2. The number of benzene rings is 2. The molecule has 0 spiro atoms. The Morgan fingerprint density at radius 2 is 1.84 bits per heavy atom. The number of rotatable bonds is 7. The van der Waals surface area contributed by atoms with Crippen molar-refractivity contribution in [3.8, 4) is 5.75 Å². The number of halogens is 1. The largest absolute Gasteiger partial charge is 0.494 e. The van der Waals surface area contributed by atoms with Gasteiger partial charge in [-0.15, -0.1) is 0 Å². The Morgan fingerprint density at radius 3 is 2.53 bits per heavy atom. The summed E-state index contributed by atoms with van der Waals surface area (Å²) in [7, 11) is -3.97. The lowest BCUT2D eigenvalue weighted by atomic mass is 10.2. The lowest BCUT2D eigenvalue weighted by molar-refractivity contribution is 0.0780. The molecule has 2 aromatic carbocycles. The smallest absolute Gasteiger partial charge is 0.263 e. The third-order valence-corrected chi connectivity index (χ3v) is 7.86. The molecule has 2 aromatic rings. The first-order valence-corrected chi connectivity index (χ1v) is 12.8. The third kappa shape index (κ3) is 5.03. The predicted octanol–water partition coefficient (Wildman–Crippen LogP) is 3.85. The van der Waals surface area contributed by atoms with Crippen LogP contribution in [-0.2, 0) is 10.0 Å². The van der Waals surface area contributed by atoms with Gasteiger partial charge in [0.25, 0.3) is 15.9 Å². The molecule has 32 heavy (non-hydrogen) atoms. The monoisotopic (exact) mass is 477 g/mol. The summed E-state index contributed by atoms with van der Waals surface area (Å²) in [6, 6.07) is 11.4. The van der Waals surface area contributed by atoms with Crippen LogP contribution in [0.25, 0.3) is 0 Å². The zero-order valence-electron chi connectivity index (χ0n) is 18.1. The fraction of sp³-hybridized carbons (Fsp3) is 0.435. The second-order valence-corrected chi connectivity index (χ2v) is 10.2. The molecule has 1 N–H and O–H groups in total. The van der Waals surface area contributed by atoms with E-state index in [0.29, 0.717) is 42.7 Å². The Bertz CT molecular complexity index is 1070. The van der Waals surface area contributed by atoms with Gasteiger partial charge in [0.2, 0.25) is 0 Å². The topological polar surface area (TPSA) is 78.9 Å². The number of likely N-dealkylation sites (tertiary alicyclic amines) is 2. The molecule has 0 saturated carbocycles. The normalized spacial score (nSPS) is 19.3. The van der Waals surface area contributed by atoms with Crippen molar-refractivity contribution in [1.82, 2.24) is 9.80 Å². The van der Waals surface area contributed by atoms with Crippen LogP contribution in [-0.4, -0.2) is 63.0 Å². The number of hydrogen-bond acceptors (Lipinski definition) is 5. The van der Waals surface area contributed by atoms with E-state index in [1.54, 1.807) is 30.3 Å². The molecule has 2 heterocycles. The molecule has 9 heteroatoms. The van der Waals surface area contributed by atoms with Crippen LogP contribution < -0.4 is 9.46 Å². The van der Waals surface area contributed by atoms with E-state index in [-0.39, 0.29) is 15.8 Å². The molecular weight excluding hydrogens is 450 g/mol. The summed E-state index contributed by atoms with van der Waals surface area (Å²) >= 11 is 6.22. The third-order valence-electron chi connectivity index (χ3n) is 5.99. The Morgan fingerprint density at radius 1 is 1.12 bits per heavy atom. The molecule has 1 atom stereocenters. The fourth-order valence-electron chi connectivity index (χ4n) is 4.35. The van der Waals surface area contributed by atoms with Crippen LogP contribution in [0.3, 0.4) is 0 Å². The summed E-state index contributed by atoms with van der Waals surface area (Å²) in [5.74, 6) is 0.486. The standard InChI is InChI=1S/C23H28ClN3O4S/c1-2-31-20-8-6-18(7-9-20)25-32(29,30)22-15-17(5-10-21(22)24)23(28)27-14-11-19(16-27)26-12-3-4-13-26/h5-10,15,19,25H,2-4,11-14,16H2,1H3. The zero-order valence-corrected chi connectivity index (χ0v) is 19.7. The van der Waals surface area contributed by atoms with E-state index in [2.05, 4.69) is 9.62 Å². The first kappa shape index (κ1) is 22.9. The molecule has 1 amide bonds. The summed E-state index contributed by atoms with van der Waals surface area (Å²) < 4.78 is 33.9. The number of nitrogens with one attached hydrogen (secondary N) is 1. The van der Waals surface area contributed by atoms with Gasteiger partial charge in [0, 0.05) is 30.4 Å². The van der Waals surface area contributed by atoms with E-state index in [4.69, 9.17) is 16.3 Å². The van der Waals surface area contributed by atoms with Gasteiger partial charge >= 0.3 is 0 Å². The maximum absolute atomic E-state index is 13.1. The summed E-state index contributed by atoms with van der Waals surface area (Å²) in [6.07, 6.45) is 3.37. The van der Waals surface area contributed by atoms with Gasteiger partial charge in [-0.25, -0.2) is 8.42 Å². The molecule has 0 aliphatic carbocycles. The molecule has 7 nitrogen and oxygen atoms in total. The van der Waals surface area contributed by atoms with Gasteiger partial charge in [-0.2, -0.15) is 0 Å². The van der Waals surface area contributed by atoms with Crippen molar-refractivity contribution in [2.45, 2.75) is 37.1 Å². The minimum absolute atomic E-state index is 0.0661. The summed E-state index contributed by atoms with van der Waals surface area (Å²) in [5.41, 5.74) is 0.706. The maximum Gasteiger partial charge on any atom is 0.263 e. The lowest BCUT2D eigenvalue weighted by Crippen LogP contribution is -2.37. The minimum atomic E-state index is -3.97. The second-order valence-electron chi connectivity index (χ2n) is 8.14. The number of hydrogen-bond donors (Lipinski definition) is 1. The van der Waals surface area contributed by atoms with Crippen molar-refractivity contribution < 1.29 is 17.9 Å². The highest BCUT2D eigenvalue weighted by atomic mass is 35.5. The van der Waals surface area contributed by atoms with Crippen molar-refractivity contribution >= 4 is 33.2 Å². The van der Waals surface area contributed by atoms with Crippen molar-refractivity contribution in [3.05, 3.63) is 53.1 Å². The summed E-state index contributed by atoms with van der Waals surface area (Å²) in [5, 5.41) is 0.0661. The molecule has 2 aliphatic rings. The van der Waals surface area contributed by atoms with Crippen molar-refractivity contribution in [1.29, 1.82) is 0 Å². The van der Waals surface area contributed by atoms with Crippen molar-refractivity contribution in [2.75, 3.05) is 37.5 Å². The van der Waals surface area contributed by atoms with Crippen molar-refractivity contribution in [3.63, 3.8) is 0 Å².